The lowest BCUT2D eigenvalue weighted by molar-refractivity contribution is -0.139. The van der Waals surface area contributed by atoms with E-state index in [2.05, 4.69) is 9.72 Å². The minimum atomic E-state index is -0.645. The molecule has 0 fully saturated rings. The number of carbonyl (C=O) groups excluding carboxylic acids is 2. The molecule has 0 aliphatic heterocycles. The molecule has 1 heterocycles. The van der Waals surface area contributed by atoms with Gasteiger partial charge in [-0.1, -0.05) is 11.6 Å². The highest BCUT2D eigenvalue weighted by Gasteiger charge is 2.16. The number of ketones is 1. The maximum Gasteiger partial charge on any atom is 0.313 e. The Hall–Kier alpha value is -1.46. The minimum absolute atomic E-state index is 0.139. The molecule has 1 rings (SSSR count). The highest BCUT2D eigenvalue weighted by molar-refractivity contribution is 6.30. The number of methoxy groups -OCH3 is 1. The number of halogens is 1. The number of hydrogen-bond acceptors (Lipinski definition) is 5. The SMILES string of the molecule is COC(=O)CC(=O)c1cc(Cl)cnc1CO. The molecule has 0 atom stereocenters. The third-order valence-electron chi connectivity index (χ3n) is 1.92. The molecule has 0 amide bonds. The Bertz CT molecular complexity index is 419. The molecule has 0 unspecified atom stereocenters. The maximum atomic E-state index is 11.6. The lowest BCUT2D eigenvalue weighted by atomic mass is 10.1. The fraction of sp³-hybridized carbons (Fsp3) is 0.300. The fourth-order valence-electron chi connectivity index (χ4n) is 1.13. The van der Waals surface area contributed by atoms with Gasteiger partial charge in [0.25, 0.3) is 0 Å². The van der Waals surface area contributed by atoms with Gasteiger partial charge in [0.15, 0.2) is 5.78 Å². The average Bonchev–Trinajstić information content (AvgIpc) is 2.28. The van der Waals surface area contributed by atoms with E-state index in [0.29, 0.717) is 0 Å². The van der Waals surface area contributed by atoms with Gasteiger partial charge in [0.2, 0.25) is 0 Å². The Morgan fingerprint density at radius 1 is 1.56 bits per heavy atom. The highest BCUT2D eigenvalue weighted by Crippen LogP contribution is 2.15. The molecule has 1 aromatic heterocycles. The van der Waals surface area contributed by atoms with Crippen LogP contribution in [0.3, 0.4) is 0 Å². The smallest absolute Gasteiger partial charge is 0.313 e. The quantitative estimate of drug-likeness (QED) is 0.485. The monoisotopic (exact) mass is 243 g/mol. The summed E-state index contributed by atoms with van der Waals surface area (Å²) < 4.78 is 4.37. The van der Waals surface area contributed by atoms with Crippen LogP contribution in [0.5, 0.6) is 0 Å². The largest absolute Gasteiger partial charge is 0.469 e. The van der Waals surface area contributed by atoms with Crippen LogP contribution < -0.4 is 0 Å². The van der Waals surface area contributed by atoms with Crippen molar-refractivity contribution in [3.8, 4) is 0 Å². The van der Waals surface area contributed by atoms with Gasteiger partial charge in [-0.05, 0) is 6.07 Å². The zero-order chi connectivity index (χ0) is 12.1. The average molecular weight is 244 g/mol. The van der Waals surface area contributed by atoms with Crippen LogP contribution in [-0.4, -0.2) is 29.0 Å². The number of ether oxygens (including phenoxy) is 1. The van der Waals surface area contributed by atoms with E-state index in [1.54, 1.807) is 0 Å². The summed E-state index contributed by atoms with van der Waals surface area (Å²) in [6.07, 6.45) is 0.924. The van der Waals surface area contributed by atoms with E-state index < -0.39 is 18.2 Å². The number of Topliss-reactive ketones (excluding diaryl/α,β-unsaturated/α-hetero) is 1. The Balaban J connectivity index is 2.97. The van der Waals surface area contributed by atoms with E-state index in [-0.39, 0.29) is 22.9 Å². The van der Waals surface area contributed by atoms with Crippen LogP contribution >= 0.6 is 11.6 Å². The Kier molecular flexibility index (Phi) is 4.39. The summed E-state index contributed by atoms with van der Waals surface area (Å²) in [5.41, 5.74) is 0.332. The van der Waals surface area contributed by atoms with E-state index >= 15 is 0 Å². The summed E-state index contributed by atoms with van der Waals surface area (Å²) in [4.78, 5) is 26.4. The molecule has 0 saturated heterocycles. The molecule has 0 aliphatic rings. The molecule has 1 aromatic rings. The summed E-state index contributed by atoms with van der Waals surface area (Å²) >= 11 is 5.68. The molecule has 1 N–H and O–H groups in total. The van der Waals surface area contributed by atoms with Gasteiger partial charge < -0.3 is 9.84 Å². The molecule has 0 aromatic carbocycles. The molecule has 0 aliphatic carbocycles. The van der Waals surface area contributed by atoms with E-state index in [9.17, 15) is 9.59 Å². The van der Waals surface area contributed by atoms with E-state index in [1.807, 2.05) is 0 Å². The summed E-state index contributed by atoms with van der Waals surface area (Å²) in [6.45, 7) is -0.389. The summed E-state index contributed by atoms with van der Waals surface area (Å²) in [5.74, 6) is -1.13. The Labute approximate surface area is 97.0 Å². The van der Waals surface area contributed by atoms with Crippen molar-refractivity contribution >= 4 is 23.4 Å². The Morgan fingerprint density at radius 2 is 2.25 bits per heavy atom. The molecule has 0 saturated carbocycles. The number of esters is 1. The highest BCUT2D eigenvalue weighted by atomic mass is 35.5. The predicted molar refractivity (Wildman–Crippen MR) is 56.1 cm³/mol. The number of aliphatic hydroxyl groups excluding tert-OH is 1. The molecule has 6 heteroatoms. The van der Waals surface area contributed by atoms with Crippen LogP contribution in [0.4, 0.5) is 0 Å². The van der Waals surface area contributed by atoms with Crippen LogP contribution in [0, 0.1) is 0 Å². The van der Waals surface area contributed by atoms with Gasteiger partial charge in [-0.3, -0.25) is 14.6 Å². The van der Waals surface area contributed by atoms with Crippen LogP contribution in [0.25, 0.3) is 0 Å². The van der Waals surface area contributed by atoms with Crippen LogP contribution in [0.15, 0.2) is 12.3 Å². The van der Waals surface area contributed by atoms with Crippen molar-refractivity contribution in [3.63, 3.8) is 0 Å². The first kappa shape index (κ1) is 12.6. The number of aromatic nitrogens is 1. The fourth-order valence-corrected chi connectivity index (χ4v) is 1.29. The zero-order valence-electron chi connectivity index (χ0n) is 8.57. The topological polar surface area (TPSA) is 76.5 Å². The summed E-state index contributed by atoms with van der Waals surface area (Å²) in [7, 11) is 1.19. The van der Waals surface area contributed by atoms with Crippen LogP contribution in [-0.2, 0) is 16.1 Å². The molecular weight excluding hydrogens is 234 g/mol. The van der Waals surface area contributed by atoms with Crippen LogP contribution in [0.2, 0.25) is 5.02 Å². The van der Waals surface area contributed by atoms with Crippen molar-refractivity contribution in [2.75, 3.05) is 7.11 Å². The van der Waals surface area contributed by atoms with Crippen molar-refractivity contribution in [1.29, 1.82) is 0 Å². The minimum Gasteiger partial charge on any atom is -0.469 e. The number of carbonyl (C=O) groups is 2. The van der Waals surface area contributed by atoms with Crippen LogP contribution in [0.1, 0.15) is 22.5 Å². The van der Waals surface area contributed by atoms with Crippen molar-refractivity contribution in [3.05, 3.63) is 28.5 Å². The van der Waals surface area contributed by atoms with Gasteiger partial charge in [0, 0.05) is 11.8 Å². The molecule has 0 spiro atoms. The second-order valence-corrected chi connectivity index (χ2v) is 3.42. The number of pyridine rings is 1. The van der Waals surface area contributed by atoms with Gasteiger partial charge >= 0.3 is 5.97 Å². The van der Waals surface area contributed by atoms with Gasteiger partial charge in [0.1, 0.15) is 6.42 Å². The number of nitrogens with zero attached hydrogens (tertiary/aromatic N) is 1. The lowest BCUT2D eigenvalue weighted by Crippen LogP contribution is -2.12. The van der Waals surface area contributed by atoms with Gasteiger partial charge in [-0.15, -0.1) is 0 Å². The third kappa shape index (κ3) is 3.01. The molecule has 0 radical (unpaired) electrons. The molecule has 5 nitrogen and oxygen atoms in total. The second-order valence-electron chi connectivity index (χ2n) is 2.98. The first-order valence-electron chi connectivity index (χ1n) is 4.43. The van der Waals surface area contributed by atoms with E-state index in [4.69, 9.17) is 16.7 Å². The number of aliphatic hydroxyl groups is 1. The molecule has 0 bridgehead atoms. The third-order valence-corrected chi connectivity index (χ3v) is 2.13. The van der Waals surface area contributed by atoms with Crippen molar-refractivity contribution in [2.45, 2.75) is 13.0 Å². The maximum absolute atomic E-state index is 11.6. The second kappa shape index (κ2) is 5.58. The van der Waals surface area contributed by atoms with Gasteiger partial charge in [-0.25, -0.2) is 0 Å². The standard InChI is InChI=1S/C10H10ClNO4/c1-16-10(15)3-9(14)7-2-6(11)4-12-8(7)5-13/h2,4,13H,3,5H2,1H3. The summed E-state index contributed by atoms with van der Waals surface area (Å²) in [6, 6.07) is 1.37. The van der Waals surface area contributed by atoms with Gasteiger partial charge in [-0.2, -0.15) is 0 Å². The van der Waals surface area contributed by atoms with Crippen molar-refractivity contribution in [1.82, 2.24) is 4.98 Å². The molecule has 16 heavy (non-hydrogen) atoms. The number of rotatable bonds is 4. The predicted octanol–water partition coefficient (Wildman–Crippen LogP) is 0.973. The summed E-state index contributed by atoms with van der Waals surface area (Å²) in [5, 5.41) is 9.24. The van der Waals surface area contributed by atoms with Crippen molar-refractivity contribution < 1.29 is 19.4 Å². The normalized spacial score (nSPS) is 9.94. The lowest BCUT2D eigenvalue weighted by Gasteiger charge is -2.05. The van der Waals surface area contributed by atoms with E-state index in [1.165, 1.54) is 19.4 Å². The van der Waals surface area contributed by atoms with Gasteiger partial charge in [0.05, 0.1) is 24.4 Å². The Morgan fingerprint density at radius 3 is 2.81 bits per heavy atom. The molecular formula is C10H10ClNO4. The number of hydrogen-bond donors (Lipinski definition) is 1. The van der Waals surface area contributed by atoms with Crippen molar-refractivity contribution in [2.24, 2.45) is 0 Å². The zero-order valence-corrected chi connectivity index (χ0v) is 9.32. The van der Waals surface area contributed by atoms with E-state index in [0.717, 1.165) is 0 Å². The first-order chi connectivity index (χ1) is 7.58. The first-order valence-corrected chi connectivity index (χ1v) is 4.81. The molecule has 86 valence electrons.